The SMILES string of the molecule is Cc1ccc(Nc2ccccc2NC(=O)CCCOc2ccc(Cl)cc2Cl)cc1. The predicted octanol–water partition coefficient (Wildman–Crippen LogP) is 6.84. The third-order valence-electron chi connectivity index (χ3n) is 4.23. The zero-order valence-electron chi connectivity index (χ0n) is 16.0. The lowest BCUT2D eigenvalue weighted by atomic mass is 10.2. The Bertz CT molecular complexity index is 975. The Hall–Kier alpha value is -2.69. The molecule has 3 aromatic rings. The zero-order valence-corrected chi connectivity index (χ0v) is 17.6. The van der Waals surface area contributed by atoms with Crippen LogP contribution in [0.1, 0.15) is 18.4 Å². The molecule has 0 atom stereocenters. The largest absolute Gasteiger partial charge is 0.492 e. The van der Waals surface area contributed by atoms with E-state index in [2.05, 4.69) is 10.6 Å². The molecule has 0 aliphatic heterocycles. The van der Waals surface area contributed by atoms with Crippen LogP contribution in [0.2, 0.25) is 10.0 Å². The first-order valence-corrected chi connectivity index (χ1v) is 10.1. The van der Waals surface area contributed by atoms with E-state index in [1.165, 1.54) is 5.56 Å². The minimum absolute atomic E-state index is 0.0750. The summed E-state index contributed by atoms with van der Waals surface area (Å²) in [5.74, 6) is 0.484. The van der Waals surface area contributed by atoms with Crippen molar-refractivity contribution in [1.29, 1.82) is 0 Å². The Morgan fingerprint density at radius 3 is 2.41 bits per heavy atom. The van der Waals surface area contributed by atoms with Gasteiger partial charge in [0.05, 0.1) is 23.0 Å². The fraction of sp³-hybridized carbons (Fsp3) is 0.174. The standard InChI is InChI=1S/C23H22Cl2N2O2/c1-16-8-11-18(12-9-16)26-20-5-2-3-6-21(20)27-23(28)7-4-14-29-22-13-10-17(24)15-19(22)25/h2-3,5-6,8-13,15,26H,4,7,14H2,1H3,(H,27,28). The van der Waals surface area contributed by atoms with Crippen LogP contribution >= 0.6 is 23.2 Å². The van der Waals surface area contributed by atoms with Gasteiger partial charge in [-0.3, -0.25) is 4.79 Å². The first-order chi connectivity index (χ1) is 14.0. The van der Waals surface area contributed by atoms with E-state index in [-0.39, 0.29) is 5.91 Å². The molecule has 0 aliphatic rings. The number of anilines is 3. The van der Waals surface area contributed by atoms with Crippen molar-refractivity contribution in [2.24, 2.45) is 0 Å². The number of carbonyl (C=O) groups is 1. The van der Waals surface area contributed by atoms with Gasteiger partial charge in [0.1, 0.15) is 5.75 Å². The third-order valence-corrected chi connectivity index (χ3v) is 4.76. The molecule has 1 amide bonds. The number of benzene rings is 3. The molecule has 0 aliphatic carbocycles. The quantitative estimate of drug-likeness (QED) is 0.386. The summed E-state index contributed by atoms with van der Waals surface area (Å²) in [6.45, 7) is 2.43. The molecule has 0 radical (unpaired) electrons. The van der Waals surface area contributed by atoms with Crippen LogP contribution in [-0.4, -0.2) is 12.5 Å². The zero-order chi connectivity index (χ0) is 20.6. The maximum absolute atomic E-state index is 12.3. The molecule has 0 saturated carbocycles. The minimum atomic E-state index is -0.0750. The van der Waals surface area contributed by atoms with Crippen molar-refractivity contribution >= 4 is 46.2 Å². The van der Waals surface area contributed by atoms with E-state index in [1.54, 1.807) is 18.2 Å². The van der Waals surface area contributed by atoms with Gasteiger partial charge in [-0.15, -0.1) is 0 Å². The fourth-order valence-corrected chi connectivity index (χ4v) is 3.18. The molecule has 0 spiro atoms. The number of halogens is 2. The van der Waals surface area contributed by atoms with Crippen LogP contribution in [0.15, 0.2) is 66.7 Å². The molecular formula is C23H22Cl2N2O2. The number of ether oxygens (including phenoxy) is 1. The molecule has 150 valence electrons. The van der Waals surface area contributed by atoms with Gasteiger partial charge >= 0.3 is 0 Å². The van der Waals surface area contributed by atoms with Gasteiger partial charge in [-0.25, -0.2) is 0 Å². The van der Waals surface area contributed by atoms with Gasteiger partial charge < -0.3 is 15.4 Å². The van der Waals surface area contributed by atoms with Gasteiger partial charge in [0.2, 0.25) is 5.91 Å². The number of hydrogen-bond acceptors (Lipinski definition) is 3. The van der Waals surface area contributed by atoms with Crippen LogP contribution < -0.4 is 15.4 Å². The summed E-state index contributed by atoms with van der Waals surface area (Å²) in [4.78, 5) is 12.3. The number of hydrogen-bond donors (Lipinski definition) is 2. The van der Waals surface area contributed by atoms with Crippen molar-refractivity contribution in [3.8, 4) is 5.75 Å². The Kier molecular flexibility index (Phi) is 7.39. The van der Waals surface area contributed by atoms with Gasteiger partial charge in [-0.05, 0) is 55.8 Å². The van der Waals surface area contributed by atoms with Crippen molar-refractivity contribution < 1.29 is 9.53 Å². The highest BCUT2D eigenvalue weighted by molar-refractivity contribution is 6.35. The predicted molar refractivity (Wildman–Crippen MR) is 121 cm³/mol. The van der Waals surface area contributed by atoms with Gasteiger partial charge in [0, 0.05) is 17.1 Å². The lowest BCUT2D eigenvalue weighted by Crippen LogP contribution is -2.14. The summed E-state index contributed by atoms with van der Waals surface area (Å²) in [5.41, 5.74) is 3.73. The minimum Gasteiger partial charge on any atom is -0.492 e. The molecule has 3 rings (SSSR count). The molecule has 2 N–H and O–H groups in total. The highest BCUT2D eigenvalue weighted by atomic mass is 35.5. The van der Waals surface area contributed by atoms with Crippen LogP contribution in [0, 0.1) is 6.92 Å². The van der Waals surface area contributed by atoms with Crippen molar-refractivity contribution in [2.75, 3.05) is 17.2 Å². The molecule has 0 bridgehead atoms. The number of aryl methyl sites for hydroxylation is 1. The van der Waals surface area contributed by atoms with Crippen molar-refractivity contribution in [3.63, 3.8) is 0 Å². The van der Waals surface area contributed by atoms with Gasteiger partial charge in [0.15, 0.2) is 0 Å². The van der Waals surface area contributed by atoms with E-state index in [0.29, 0.717) is 35.2 Å². The van der Waals surface area contributed by atoms with Crippen LogP contribution in [0.25, 0.3) is 0 Å². The van der Waals surface area contributed by atoms with E-state index in [1.807, 2.05) is 55.5 Å². The Labute approximate surface area is 180 Å². The summed E-state index contributed by atoms with van der Waals surface area (Å²) in [5, 5.41) is 7.31. The van der Waals surface area contributed by atoms with E-state index in [9.17, 15) is 4.79 Å². The first-order valence-electron chi connectivity index (χ1n) is 9.32. The second kappa shape index (κ2) is 10.2. The summed E-state index contributed by atoms with van der Waals surface area (Å²) >= 11 is 11.9. The number of nitrogens with one attached hydrogen (secondary N) is 2. The average Bonchev–Trinajstić information content (AvgIpc) is 2.70. The molecular weight excluding hydrogens is 407 g/mol. The fourth-order valence-electron chi connectivity index (χ4n) is 2.71. The van der Waals surface area contributed by atoms with E-state index in [4.69, 9.17) is 27.9 Å². The molecule has 0 unspecified atom stereocenters. The highest BCUT2D eigenvalue weighted by Crippen LogP contribution is 2.28. The molecule has 0 saturated heterocycles. The van der Waals surface area contributed by atoms with Crippen LogP contribution in [0.4, 0.5) is 17.1 Å². The second-order valence-electron chi connectivity index (χ2n) is 6.61. The summed E-state index contributed by atoms with van der Waals surface area (Å²) < 4.78 is 5.62. The molecule has 4 nitrogen and oxygen atoms in total. The van der Waals surface area contributed by atoms with Gasteiger partial charge in [0.25, 0.3) is 0 Å². The van der Waals surface area contributed by atoms with Crippen LogP contribution in [0.3, 0.4) is 0 Å². The van der Waals surface area contributed by atoms with E-state index in [0.717, 1.165) is 17.1 Å². The molecule has 6 heteroatoms. The molecule has 29 heavy (non-hydrogen) atoms. The molecule has 0 fully saturated rings. The first kappa shape index (κ1) is 21.0. The topological polar surface area (TPSA) is 50.4 Å². The molecule has 0 heterocycles. The summed E-state index contributed by atoms with van der Waals surface area (Å²) in [6.07, 6.45) is 0.905. The smallest absolute Gasteiger partial charge is 0.224 e. The van der Waals surface area contributed by atoms with E-state index >= 15 is 0 Å². The second-order valence-corrected chi connectivity index (χ2v) is 7.46. The summed E-state index contributed by atoms with van der Waals surface area (Å²) in [6, 6.07) is 20.8. The lowest BCUT2D eigenvalue weighted by Gasteiger charge is -2.13. The van der Waals surface area contributed by atoms with E-state index < -0.39 is 0 Å². The number of carbonyl (C=O) groups excluding carboxylic acids is 1. The normalized spacial score (nSPS) is 10.4. The van der Waals surface area contributed by atoms with Crippen molar-refractivity contribution in [2.45, 2.75) is 19.8 Å². The molecule has 3 aromatic carbocycles. The number of rotatable bonds is 8. The van der Waals surface area contributed by atoms with Crippen LogP contribution in [0.5, 0.6) is 5.75 Å². The van der Waals surface area contributed by atoms with Crippen LogP contribution in [-0.2, 0) is 4.79 Å². The van der Waals surface area contributed by atoms with Gasteiger partial charge in [-0.1, -0.05) is 53.0 Å². The maximum atomic E-state index is 12.3. The monoisotopic (exact) mass is 428 g/mol. The average molecular weight is 429 g/mol. The number of amides is 1. The number of para-hydroxylation sites is 2. The lowest BCUT2D eigenvalue weighted by molar-refractivity contribution is -0.116. The Balaban J connectivity index is 1.51. The Morgan fingerprint density at radius 1 is 0.966 bits per heavy atom. The Morgan fingerprint density at radius 2 is 1.69 bits per heavy atom. The third kappa shape index (κ3) is 6.41. The van der Waals surface area contributed by atoms with Crippen molar-refractivity contribution in [3.05, 3.63) is 82.3 Å². The van der Waals surface area contributed by atoms with Crippen molar-refractivity contribution in [1.82, 2.24) is 0 Å². The highest BCUT2D eigenvalue weighted by Gasteiger charge is 2.08. The molecule has 0 aromatic heterocycles. The maximum Gasteiger partial charge on any atom is 0.224 e. The summed E-state index contributed by atoms with van der Waals surface area (Å²) in [7, 11) is 0. The van der Waals surface area contributed by atoms with Gasteiger partial charge in [-0.2, -0.15) is 0 Å².